The standard InChI is InChI=1S/C19H30O5/c1-12-10-19(15(20)22-6,16(21)23-7)11-13(12)18(5)9-8-14(24-18)17(2,3)4/h13-14H,1,8-11H2,2-7H3/t13-,14?,18-/m0/s1. The molecule has 1 aliphatic carbocycles. The van der Waals surface area contributed by atoms with E-state index in [2.05, 4.69) is 34.3 Å². The summed E-state index contributed by atoms with van der Waals surface area (Å²) < 4.78 is 16.2. The molecular weight excluding hydrogens is 308 g/mol. The molecule has 24 heavy (non-hydrogen) atoms. The maximum Gasteiger partial charge on any atom is 0.323 e. The van der Waals surface area contributed by atoms with Gasteiger partial charge < -0.3 is 14.2 Å². The third kappa shape index (κ3) is 2.99. The van der Waals surface area contributed by atoms with E-state index in [0.717, 1.165) is 18.4 Å². The van der Waals surface area contributed by atoms with Crippen molar-refractivity contribution in [3.63, 3.8) is 0 Å². The Bertz CT molecular complexity index is 528. The average molecular weight is 338 g/mol. The molecule has 3 atom stereocenters. The van der Waals surface area contributed by atoms with Gasteiger partial charge in [0.05, 0.1) is 25.9 Å². The van der Waals surface area contributed by atoms with Crippen LogP contribution in [0.2, 0.25) is 0 Å². The van der Waals surface area contributed by atoms with Crippen molar-refractivity contribution >= 4 is 11.9 Å². The second-order valence-electron chi connectivity index (χ2n) is 8.48. The van der Waals surface area contributed by atoms with Crippen LogP contribution in [0.4, 0.5) is 0 Å². The minimum absolute atomic E-state index is 0.0550. The molecule has 0 amide bonds. The number of rotatable bonds is 3. The van der Waals surface area contributed by atoms with Gasteiger partial charge in [0.25, 0.3) is 0 Å². The first-order chi connectivity index (χ1) is 11.0. The summed E-state index contributed by atoms with van der Waals surface area (Å²) in [7, 11) is 2.60. The Morgan fingerprint density at radius 3 is 2.17 bits per heavy atom. The van der Waals surface area contributed by atoms with Gasteiger partial charge in [-0.1, -0.05) is 32.9 Å². The summed E-state index contributed by atoms with van der Waals surface area (Å²) in [5, 5.41) is 0. The Labute approximate surface area is 144 Å². The first-order valence-electron chi connectivity index (χ1n) is 8.52. The van der Waals surface area contributed by atoms with Gasteiger partial charge >= 0.3 is 11.9 Å². The topological polar surface area (TPSA) is 61.8 Å². The predicted octanol–water partition coefficient (Wildman–Crippen LogP) is 3.27. The largest absolute Gasteiger partial charge is 0.468 e. The van der Waals surface area contributed by atoms with Crippen molar-refractivity contribution in [2.45, 2.75) is 65.1 Å². The number of hydrogen-bond donors (Lipinski definition) is 0. The maximum absolute atomic E-state index is 12.4. The Morgan fingerprint density at radius 2 is 1.75 bits per heavy atom. The Balaban J connectivity index is 2.29. The number of ether oxygens (including phenoxy) is 3. The van der Waals surface area contributed by atoms with E-state index in [-0.39, 0.29) is 23.9 Å². The number of carbonyl (C=O) groups excluding carboxylic acids is 2. The van der Waals surface area contributed by atoms with Gasteiger partial charge in [-0.3, -0.25) is 9.59 Å². The van der Waals surface area contributed by atoms with Crippen LogP contribution < -0.4 is 0 Å². The highest BCUT2D eigenvalue weighted by Crippen LogP contribution is 2.55. The molecule has 0 spiro atoms. The molecule has 0 aromatic carbocycles. The summed E-state index contributed by atoms with van der Waals surface area (Å²) in [6.45, 7) is 12.7. The second-order valence-corrected chi connectivity index (χ2v) is 8.48. The molecule has 5 nitrogen and oxygen atoms in total. The van der Waals surface area contributed by atoms with E-state index in [0.29, 0.717) is 6.42 Å². The Hall–Kier alpha value is -1.36. The van der Waals surface area contributed by atoms with Gasteiger partial charge in [-0.05, 0) is 38.0 Å². The molecule has 2 rings (SSSR count). The fourth-order valence-electron chi connectivity index (χ4n) is 4.24. The molecule has 0 N–H and O–H groups in total. The molecule has 5 heteroatoms. The fraction of sp³-hybridized carbons (Fsp3) is 0.789. The van der Waals surface area contributed by atoms with Crippen LogP contribution in [0.1, 0.15) is 53.4 Å². The summed E-state index contributed by atoms with van der Waals surface area (Å²) in [6.07, 6.45) is 2.60. The third-order valence-corrected chi connectivity index (χ3v) is 5.74. The molecule has 2 aliphatic rings. The van der Waals surface area contributed by atoms with E-state index in [1.54, 1.807) is 0 Å². The lowest BCUT2D eigenvalue weighted by Crippen LogP contribution is -2.42. The molecule has 1 saturated carbocycles. The van der Waals surface area contributed by atoms with E-state index in [1.165, 1.54) is 14.2 Å². The molecule has 1 saturated heterocycles. The van der Waals surface area contributed by atoms with Crippen LogP contribution in [-0.4, -0.2) is 37.9 Å². The van der Waals surface area contributed by atoms with Gasteiger partial charge in [0.15, 0.2) is 5.41 Å². The lowest BCUT2D eigenvalue weighted by Gasteiger charge is -2.36. The van der Waals surface area contributed by atoms with Crippen molar-refractivity contribution in [2.24, 2.45) is 16.7 Å². The minimum Gasteiger partial charge on any atom is -0.468 e. The summed E-state index contributed by atoms with van der Waals surface area (Å²) >= 11 is 0. The highest BCUT2D eigenvalue weighted by Gasteiger charge is 2.60. The van der Waals surface area contributed by atoms with E-state index in [9.17, 15) is 9.59 Å². The molecule has 1 aliphatic heterocycles. The Kier molecular flexibility index (Phi) is 4.88. The summed E-state index contributed by atoms with van der Waals surface area (Å²) in [4.78, 5) is 24.7. The van der Waals surface area contributed by atoms with Gasteiger partial charge in [-0.15, -0.1) is 0 Å². The van der Waals surface area contributed by atoms with Crippen LogP contribution in [0.3, 0.4) is 0 Å². The van der Waals surface area contributed by atoms with Crippen LogP contribution in [0, 0.1) is 16.7 Å². The number of esters is 2. The average Bonchev–Trinajstić information content (AvgIpc) is 3.08. The minimum atomic E-state index is -1.29. The zero-order valence-electron chi connectivity index (χ0n) is 15.7. The molecule has 0 aromatic rings. The van der Waals surface area contributed by atoms with Gasteiger partial charge in [-0.2, -0.15) is 0 Å². The molecule has 136 valence electrons. The quantitative estimate of drug-likeness (QED) is 0.449. The van der Waals surface area contributed by atoms with Gasteiger partial charge in [-0.25, -0.2) is 0 Å². The highest BCUT2D eigenvalue weighted by atomic mass is 16.5. The van der Waals surface area contributed by atoms with Crippen LogP contribution in [0.5, 0.6) is 0 Å². The first-order valence-corrected chi connectivity index (χ1v) is 8.52. The molecular formula is C19H30O5. The van der Waals surface area contributed by atoms with Gasteiger partial charge in [0, 0.05) is 5.92 Å². The molecule has 1 unspecified atom stereocenters. The zero-order valence-corrected chi connectivity index (χ0v) is 15.7. The smallest absolute Gasteiger partial charge is 0.323 e. The summed E-state index contributed by atoms with van der Waals surface area (Å²) in [6, 6.07) is 0. The maximum atomic E-state index is 12.4. The lowest BCUT2D eigenvalue weighted by molar-refractivity contribution is -0.169. The van der Waals surface area contributed by atoms with E-state index in [4.69, 9.17) is 14.2 Å². The van der Waals surface area contributed by atoms with Gasteiger partial charge in [0.1, 0.15) is 0 Å². The van der Waals surface area contributed by atoms with Crippen molar-refractivity contribution in [3.8, 4) is 0 Å². The monoisotopic (exact) mass is 338 g/mol. The van der Waals surface area contributed by atoms with Crippen LogP contribution in [0.25, 0.3) is 0 Å². The third-order valence-electron chi connectivity index (χ3n) is 5.74. The van der Waals surface area contributed by atoms with E-state index in [1.807, 2.05) is 0 Å². The molecule has 2 fully saturated rings. The Morgan fingerprint density at radius 1 is 1.21 bits per heavy atom. The number of carbonyl (C=O) groups is 2. The first kappa shape index (κ1) is 19.0. The highest BCUT2D eigenvalue weighted by molar-refractivity contribution is 6.01. The van der Waals surface area contributed by atoms with Crippen LogP contribution in [-0.2, 0) is 23.8 Å². The van der Waals surface area contributed by atoms with E-state index >= 15 is 0 Å². The van der Waals surface area contributed by atoms with Crippen molar-refractivity contribution in [1.29, 1.82) is 0 Å². The summed E-state index contributed by atoms with van der Waals surface area (Å²) in [5.41, 5.74) is -0.793. The van der Waals surface area contributed by atoms with Crippen LogP contribution >= 0.6 is 0 Å². The van der Waals surface area contributed by atoms with Crippen molar-refractivity contribution in [1.82, 2.24) is 0 Å². The lowest BCUT2D eigenvalue weighted by atomic mass is 9.79. The molecule has 0 bridgehead atoms. The second kappa shape index (κ2) is 6.17. The van der Waals surface area contributed by atoms with Gasteiger partial charge in [0.2, 0.25) is 0 Å². The summed E-state index contributed by atoms with van der Waals surface area (Å²) in [5.74, 6) is -1.16. The molecule has 0 radical (unpaired) electrons. The zero-order chi connectivity index (χ0) is 18.3. The number of methoxy groups -OCH3 is 2. The fourth-order valence-corrected chi connectivity index (χ4v) is 4.24. The molecule has 0 aromatic heterocycles. The number of hydrogen-bond acceptors (Lipinski definition) is 5. The SMILES string of the molecule is C=C1CC(C(=O)OC)(C(=O)OC)C[C@@H]1[C@]1(C)CCC(C(C)(C)C)O1. The van der Waals surface area contributed by atoms with Crippen molar-refractivity contribution in [2.75, 3.05) is 14.2 Å². The normalized spacial score (nSPS) is 32.7. The van der Waals surface area contributed by atoms with Crippen molar-refractivity contribution in [3.05, 3.63) is 12.2 Å². The van der Waals surface area contributed by atoms with Crippen molar-refractivity contribution < 1.29 is 23.8 Å². The molecule has 1 heterocycles. The van der Waals surface area contributed by atoms with Crippen LogP contribution in [0.15, 0.2) is 12.2 Å². The van der Waals surface area contributed by atoms with E-state index < -0.39 is 23.0 Å². The predicted molar refractivity (Wildman–Crippen MR) is 90.3 cm³/mol.